The highest BCUT2D eigenvalue weighted by molar-refractivity contribution is 7.99. The van der Waals surface area contributed by atoms with Crippen LogP contribution in [-0.4, -0.2) is 35.6 Å². The lowest BCUT2D eigenvalue weighted by Gasteiger charge is -2.45. The number of benzene rings is 3. The van der Waals surface area contributed by atoms with E-state index in [0.29, 0.717) is 19.8 Å². The quantitative estimate of drug-likeness (QED) is 0.111. The van der Waals surface area contributed by atoms with Crippen LogP contribution in [0.3, 0.4) is 0 Å². The van der Waals surface area contributed by atoms with E-state index in [2.05, 4.69) is 86.6 Å². The summed E-state index contributed by atoms with van der Waals surface area (Å²) >= 11 is 1.88. The molecule has 0 aromatic heterocycles. The van der Waals surface area contributed by atoms with Gasteiger partial charge in [-0.2, -0.15) is 0 Å². The molecule has 1 aliphatic rings. The van der Waals surface area contributed by atoms with Gasteiger partial charge < -0.3 is 18.9 Å². The van der Waals surface area contributed by atoms with Crippen LogP contribution >= 0.6 is 11.8 Å². The summed E-state index contributed by atoms with van der Waals surface area (Å²) in [6.45, 7) is 5.92. The van der Waals surface area contributed by atoms with Gasteiger partial charge in [0.15, 0.2) is 0 Å². The zero-order chi connectivity index (χ0) is 30.7. The fourth-order valence-electron chi connectivity index (χ4n) is 5.79. The summed E-state index contributed by atoms with van der Waals surface area (Å²) in [6, 6.07) is 31.1. The Labute approximate surface area is 271 Å². The summed E-state index contributed by atoms with van der Waals surface area (Å²) in [7, 11) is 0. The van der Waals surface area contributed by atoms with E-state index in [1.54, 1.807) is 0 Å². The predicted octanol–water partition coefficient (Wildman–Crippen LogP) is 10.1. The normalized spacial score (nSPS) is 21.8. The van der Waals surface area contributed by atoms with E-state index >= 15 is 0 Å². The molecular formula is C39H54O4S. The van der Waals surface area contributed by atoms with Crippen LogP contribution in [0.25, 0.3) is 0 Å². The lowest BCUT2D eigenvalue weighted by Crippen LogP contribution is -2.58. The third-order valence-electron chi connectivity index (χ3n) is 8.36. The Morgan fingerprint density at radius 2 is 0.932 bits per heavy atom. The van der Waals surface area contributed by atoms with Crippen molar-refractivity contribution in [3.63, 3.8) is 0 Å². The molecule has 0 spiro atoms. The maximum absolute atomic E-state index is 6.74. The first-order chi connectivity index (χ1) is 21.7. The molecule has 44 heavy (non-hydrogen) atoms. The average Bonchev–Trinajstić information content (AvgIpc) is 3.06. The van der Waals surface area contributed by atoms with Crippen molar-refractivity contribution in [2.75, 3.05) is 5.75 Å². The number of hydrogen-bond acceptors (Lipinski definition) is 5. The number of unbranched alkanes of at least 4 members (excludes halogenated alkanes) is 9. The van der Waals surface area contributed by atoms with E-state index in [4.69, 9.17) is 18.9 Å². The highest BCUT2D eigenvalue weighted by Crippen LogP contribution is 2.35. The van der Waals surface area contributed by atoms with Crippen molar-refractivity contribution in [1.29, 1.82) is 0 Å². The Bertz CT molecular complexity index is 1110. The topological polar surface area (TPSA) is 36.9 Å². The highest BCUT2D eigenvalue weighted by atomic mass is 32.2. The molecule has 1 aliphatic heterocycles. The van der Waals surface area contributed by atoms with Gasteiger partial charge in [-0.3, -0.25) is 0 Å². The minimum absolute atomic E-state index is 0.121. The summed E-state index contributed by atoms with van der Waals surface area (Å²) < 4.78 is 26.7. The maximum atomic E-state index is 6.74. The van der Waals surface area contributed by atoms with Crippen molar-refractivity contribution in [1.82, 2.24) is 0 Å². The second-order valence-corrected chi connectivity index (χ2v) is 13.3. The number of ether oxygens (including phenoxy) is 4. The molecule has 4 rings (SSSR count). The molecule has 5 atom stereocenters. The Morgan fingerprint density at radius 1 is 0.523 bits per heavy atom. The van der Waals surface area contributed by atoms with Gasteiger partial charge in [-0.15, -0.1) is 11.8 Å². The fourth-order valence-corrected chi connectivity index (χ4v) is 7.07. The molecule has 0 bridgehead atoms. The van der Waals surface area contributed by atoms with Gasteiger partial charge in [-0.05, 0) is 35.8 Å². The van der Waals surface area contributed by atoms with Crippen LogP contribution in [0, 0.1) is 0 Å². The van der Waals surface area contributed by atoms with Gasteiger partial charge in [0.05, 0.1) is 25.9 Å². The van der Waals surface area contributed by atoms with Gasteiger partial charge in [0, 0.05) is 0 Å². The molecule has 1 saturated heterocycles. The first kappa shape index (κ1) is 34.7. The monoisotopic (exact) mass is 618 g/mol. The summed E-state index contributed by atoms with van der Waals surface area (Å²) in [6.07, 6.45) is 12.5. The second kappa shape index (κ2) is 20.8. The number of thioether (sulfide) groups is 1. The molecule has 3 aromatic rings. The van der Waals surface area contributed by atoms with E-state index in [1.807, 2.05) is 30.0 Å². The molecule has 3 aromatic carbocycles. The molecule has 240 valence electrons. The molecule has 0 aliphatic carbocycles. The molecule has 0 radical (unpaired) electrons. The number of rotatable bonds is 21. The molecule has 4 nitrogen and oxygen atoms in total. The van der Waals surface area contributed by atoms with Crippen LogP contribution in [0.2, 0.25) is 0 Å². The molecule has 0 N–H and O–H groups in total. The molecule has 1 heterocycles. The Balaban J connectivity index is 1.39. The number of hydrogen-bond donors (Lipinski definition) is 0. The van der Waals surface area contributed by atoms with Crippen LogP contribution in [0.15, 0.2) is 91.0 Å². The van der Waals surface area contributed by atoms with Gasteiger partial charge in [0.2, 0.25) is 0 Å². The molecular weight excluding hydrogens is 564 g/mol. The molecule has 1 fully saturated rings. The third-order valence-corrected chi connectivity index (χ3v) is 9.60. The maximum Gasteiger partial charge on any atom is 0.132 e. The minimum Gasteiger partial charge on any atom is -0.368 e. The van der Waals surface area contributed by atoms with Crippen molar-refractivity contribution in [2.24, 2.45) is 0 Å². The SMILES string of the molecule is CCCCCCCCCCCCS[C@H]1O[C@@H](C)[C@@H](OCc2ccccc2)[C@@H](OCc2ccccc2)[C@@H]1OCc1ccccc1. The first-order valence-electron chi connectivity index (χ1n) is 17.0. The third kappa shape index (κ3) is 12.3. The standard InChI is InChI=1S/C39H54O4S/c1-3-4-5-6-7-8-9-10-11-21-28-44-39-38(42-31-35-26-19-14-20-27-35)37(41-30-34-24-17-13-18-25-34)36(32(2)43-39)40-29-33-22-15-12-16-23-33/h12-20,22-27,32,36-39H,3-11,21,28-31H2,1-2H3/t32-,36+,37+,38-,39+/m0/s1. The second-order valence-electron chi connectivity index (χ2n) is 12.0. The van der Waals surface area contributed by atoms with Gasteiger partial charge in [-0.1, -0.05) is 156 Å². The summed E-state index contributed by atoms with van der Waals surface area (Å²) in [5, 5.41) is 0. The lowest BCUT2D eigenvalue weighted by atomic mass is 9.99. The summed E-state index contributed by atoms with van der Waals surface area (Å²) in [4.78, 5) is 0. The minimum atomic E-state index is -0.267. The fraction of sp³-hybridized carbons (Fsp3) is 0.538. The van der Waals surface area contributed by atoms with Crippen molar-refractivity contribution in [3.8, 4) is 0 Å². The van der Waals surface area contributed by atoms with Crippen molar-refractivity contribution in [2.45, 2.75) is 128 Å². The average molecular weight is 619 g/mol. The zero-order valence-corrected chi connectivity index (χ0v) is 27.8. The summed E-state index contributed by atoms with van der Waals surface area (Å²) in [5.74, 6) is 1.06. The van der Waals surface area contributed by atoms with Gasteiger partial charge >= 0.3 is 0 Å². The molecule has 5 heteroatoms. The van der Waals surface area contributed by atoms with Crippen LogP contribution < -0.4 is 0 Å². The van der Waals surface area contributed by atoms with Crippen LogP contribution in [0.5, 0.6) is 0 Å². The van der Waals surface area contributed by atoms with Crippen LogP contribution in [0.4, 0.5) is 0 Å². The van der Waals surface area contributed by atoms with Gasteiger partial charge in [0.25, 0.3) is 0 Å². The Morgan fingerprint density at radius 3 is 1.41 bits per heavy atom. The van der Waals surface area contributed by atoms with E-state index in [0.717, 1.165) is 22.4 Å². The smallest absolute Gasteiger partial charge is 0.132 e. The van der Waals surface area contributed by atoms with E-state index in [9.17, 15) is 0 Å². The Kier molecular flexibility index (Phi) is 16.4. The van der Waals surface area contributed by atoms with E-state index < -0.39 is 0 Å². The van der Waals surface area contributed by atoms with Crippen LogP contribution in [0.1, 0.15) is 94.7 Å². The lowest BCUT2D eigenvalue weighted by molar-refractivity contribution is -0.242. The highest BCUT2D eigenvalue weighted by Gasteiger charge is 2.46. The van der Waals surface area contributed by atoms with Crippen molar-refractivity contribution < 1.29 is 18.9 Å². The molecule has 0 amide bonds. The Hall–Kier alpha value is -2.15. The predicted molar refractivity (Wildman–Crippen MR) is 184 cm³/mol. The molecule has 0 unspecified atom stereocenters. The van der Waals surface area contributed by atoms with Crippen molar-refractivity contribution in [3.05, 3.63) is 108 Å². The van der Waals surface area contributed by atoms with Crippen molar-refractivity contribution >= 4 is 11.8 Å². The van der Waals surface area contributed by atoms with Crippen LogP contribution in [-0.2, 0) is 38.8 Å². The first-order valence-corrected chi connectivity index (χ1v) is 18.0. The van der Waals surface area contributed by atoms with Gasteiger partial charge in [0.1, 0.15) is 23.7 Å². The molecule has 0 saturated carbocycles. The van der Waals surface area contributed by atoms with E-state index in [1.165, 1.54) is 64.2 Å². The largest absolute Gasteiger partial charge is 0.368 e. The van der Waals surface area contributed by atoms with E-state index in [-0.39, 0.29) is 29.9 Å². The zero-order valence-electron chi connectivity index (χ0n) is 27.0. The van der Waals surface area contributed by atoms with Gasteiger partial charge in [-0.25, -0.2) is 0 Å². The summed E-state index contributed by atoms with van der Waals surface area (Å²) in [5.41, 5.74) is 3.31.